The summed E-state index contributed by atoms with van der Waals surface area (Å²) in [5, 5.41) is 0.340. The Morgan fingerprint density at radius 2 is 1.53 bits per heavy atom. The Labute approximate surface area is 97.6 Å². The van der Waals surface area contributed by atoms with Crippen molar-refractivity contribution < 1.29 is 0 Å². The molecule has 2 atom stereocenters. The summed E-state index contributed by atoms with van der Waals surface area (Å²) in [5.41, 5.74) is 1.43. The molecule has 2 rings (SSSR count). The molecule has 82 valence electrons. The quantitative estimate of drug-likeness (QED) is 0.603. The number of hydrogen-bond acceptors (Lipinski definition) is 0. The minimum absolute atomic E-state index is 0.340. The van der Waals surface area contributed by atoms with Gasteiger partial charge in [-0.15, -0.1) is 11.6 Å². The predicted molar refractivity (Wildman–Crippen MR) is 66.5 cm³/mol. The van der Waals surface area contributed by atoms with Gasteiger partial charge < -0.3 is 0 Å². The Balaban J connectivity index is 2.10. The zero-order chi connectivity index (χ0) is 10.5. The van der Waals surface area contributed by atoms with E-state index in [9.17, 15) is 0 Å². The highest BCUT2D eigenvalue weighted by Crippen LogP contribution is 2.34. The Morgan fingerprint density at radius 3 is 2.27 bits per heavy atom. The zero-order valence-corrected chi connectivity index (χ0v) is 9.92. The van der Waals surface area contributed by atoms with Crippen LogP contribution in [-0.2, 0) is 0 Å². The lowest BCUT2D eigenvalue weighted by Crippen LogP contribution is -2.15. The molecule has 0 nitrogen and oxygen atoms in total. The lowest BCUT2D eigenvalue weighted by Gasteiger charge is -2.25. The van der Waals surface area contributed by atoms with Gasteiger partial charge in [0.1, 0.15) is 0 Å². The van der Waals surface area contributed by atoms with Gasteiger partial charge in [-0.05, 0) is 18.4 Å². The van der Waals surface area contributed by atoms with Crippen LogP contribution >= 0.6 is 11.6 Å². The SMILES string of the molecule is Cl[C@@H]1CCCCCC[C@@H]1c1ccccc1. The summed E-state index contributed by atoms with van der Waals surface area (Å²) in [5.74, 6) is 0.577. The molecule has 0 aliphatic heterocycles. The maximum Gasteiger partial charge on any atom is 0.0404 e. The summed E-state index contributed by atoms with van der Waals surface area (Å²) in [6.45, 7) is 0. The minimum atomic E-state index is 0.340. The maximum atomic E-state index is 6.49. The Hall–Kier alpha value is -0.490. The molecule has 1 aliphatic carbocycles. The number of benzene rings is 1. The van der Waals surface area contributed by atoms with E-state index in [1.54, 1.807) is 0 Å². The predicted octanol–water partition coefficient (Wildman–Crippen LogP) is 4.73. The van der Waals surface area contributed by atoms with Gasteiger partial charge in [-0.3, -0.25) is 0 Å². The van der Waals surface area contributed by atoms with Crippen LogP contribution in [0.4, 0.5) is 0 Å². The fraction of sp³-hybridized carbons (Fsp3) is 0.571. The molecule has 1 fully saturated rings. The standard InChI is InChI=1S/C14H19Cl/c15-14-11-7-2-1-6-10-13(14)12-8-4-3-5-9-12/h3-5,8-9,13-14H,1-2,6-7,10-11H2/t13-,14-/m1/s1. The molecule has 0 radical (unpaired) electrons. The van der Waals surface area contributed by atoms with E-state index in [1.807, 2.05) is 0 Å². The van der Waals surface area contributed by atoms with Crippen LogP contribution in [0.5, 0.6) is 0 Å². The average molecular weight is 223 g/mol. The van der Waals surface area contributed by atoms with Crippen molar-refractivity contribution >= 4 is 11.6 Å². The second kappa shape index (κ2) is 5.55. The van der Waals surface area contributed by atoms with E-state index in [1.165, 1.54) is 44.1 Å². The van der Waals surface area contributed by atoms with Crippen molar-refractivity contribution in [2.45, 2.75) is 49.8 Å². The maximum absolute atomic E-state index is 6.49. The van der Waals surface area contributed by atoms with Crippen LogP contribution in [0, 0.1) is 0 Å². The fourth-order valence-corrected chi connectivity index (χ4v) is 2.94. The third-order valence-electron chi connectivity index (χ3n) is 3.41. The molecular weight excluding hydrogens is 204 g/mol. The second-order valence-electron chi connectivity index (χ2n) is 4.52. The van der Waals surface area contributed by atoms with Gasteiger partial charge >= 0.3 is 0 Å². The molecule has 0 N–H and O–H groups in total. The van der Waals surface area contributed by atoms with E-state index in [-0.39, 0.29) is 0 Å². The van der Waals surface area contributed by atoms with E-state index >= 15 is 0 Å². The lowest BCUT2D eigenvalue weighted by atomic mass is 9.85. The second-order valence-corrected chi connectivity index (χ2v) is 5.09. The van der Waals surface area contributed by atoms with Crippen LogP contribution in [0.3, 0.4) is 0 Å². The molecule has 1 heteroatoms. The van der Waals surface area contributed by atoms with Gasteiger partial charge in [0, 0.05) is 11.3 Å². The van der Waals surface area contributed by atoms with Crippen LogP contribution in [0.2, 0.25) is 0 Å². The summed E-state index contributed by atoms with van der Waals surface area (Å²) in [7, 11) is 0. The molecule has 1 aliphatic rings. The van der Waals surface area contributed by atoms with Gasteiger partial charge in [-0.1, -0.05) is 56.0 Å². The first-order chi connectivity index (χ1) is 7.38. The molecule has 0 unspecified atom stereocenters. The highest BCUT2D eigenvalue weighted by atomic mass is 35.5. The highest BCUT2D eigenvalue weighted by molar-refractivity contribution is 6.21. The molecule has 0 spiro atoms. The van der Waals surface area contributed by atoms with Gasteiger partial charge in [-0.2, -0.15) is 0 Å². The van der Waals surface area contributed by atoms with Gasteiger partial charge in [0.15, 0.2) is 0 Å². The van der Waals surface area contributed by atoms with E-state index in [4.69, 9.17) is 11.6 Å². The first-order valence-electron chi connectivity index (χ1n) is 6.07. The molecule has 1 saturated carbocycles. The number of rotatable bonds is 1. The summed E-state index contributed by atoms with van der Waals surface area (Å²) < 4.78 is 0. The molecule has 0 aromatic heterocycles. The van der Waals surface area contributed by atoms with Gasteiger partial charge in [-0.25, -0.2) is 0 Å². The molecule has 1 aromatic carbocycles. The minimum Gasteiger partial charge on any atom is -0.122 e. The van der Waals surface area contributed by atoms with Crippen LogP contribution in [0.1, 0.15) is 50.0 Å². The van der Waals surface area contributed by atoms with Crippen molar-refractivity contribution in [2.75, 3.05) is 0 Å². The van der Waals surface area contributed by atoms with Crippen molar-refractivity contribution in [3.8, 4) is 0 Å². The molecule has 0 heterocycles. The third kappa shape index (κ3) is 2.98. The first kappa shape index (κ1) is 11.0. The largest absolute Gasteiger partial charge is 0.122 e. The summed E-state index contributed by atoms with van der Waals surface area (Å²) >= 11 is 6.49. The van der Waals surface area contributed by atoms with Gasteiger partial charge in [0.25, 0.3) is 0 Å². The van der Waals surface area contributed by atoms with Gasteiger partial charge in [0.2, 0.25) is 0 Å². The topological polar surface area (TPSA) is 0 Å². The van der Waals surface area contributed by atoms with Crippen molar-refractivity contribution in [1.82, 2.24) is 0 Å². The molecule has 0 bridgehead atoms. The number of hydrogen-bond donors (Lipinski definition) is 0. The van der Waals surface area contributed by atoms with Crippen LogP contribution < -0.4 is 0 Å². The van der Waals surface area contributed by atoms with E-state index in [2.05, 4.69) is 30.3 Å². The number of halogens is 1. The Bertz CT molecular complexity index is 281. The summed E-state index contributed by atoms with van der Waals surface area (Å²) in [4.78, 5) is 0. The summed E-state index contributed by atoms with van der Waals surface area (Å²) in [6.07, 6.45) is 7.83. The molecular formula is C14H19Cl. The van der Waals surface area contributed by atoms with Crippen LogP contribution in [0.25, 0.3) is 0 Å². The Kier molecular flexibility index (Phi) is 4.08. The Morgan fingerprint density at radius 1 is 0.867 bits per heavy atom. The first-order valence-corrected chi connectivity index (χ1v) is 6.50. The number of alkyl halides is 1. The molecule has 15 heavy (non-hydrogen) atoms. The van der Waals surface area contributed by atoms with Crippen molar-refractivity contribution in [3.05, 3.63) is 35.9 Å². The molecule has 0 amide bonds. The average Bonchev–Trinajstić information content (AvgIpc) is 2.25. The monoisotopic (exact) mass is 222 g/mol. The highest BCUT2D eigenvalue weighted by Gasteiger charge is 2.21. The van der Waals surface area contributed by atoms with E-state index in [0.717, 1.165) is 0 Å². The van der Waals surface area contributed by atoms with Crippen LogP contribution in [-0.4, -0.2) is 5.38 Å². The fourth-order valence-electron chi connectivity index (χ4n) is 2.51. The zero-order valence-electron chi connectivity index (χ0n) is 9.16. The van der Waals surface area contributed by atoms with Crippen molar-refractivity contribution in [2.24, 2.45) is 0 Å². The summed E-state index contributed by atoms with van der Waals surface area (Å²) in [6, 6.07) is 10.8. The van der Waals surface area contributed by atoms with E-state index in [0.29, 0.717) is 11.3 Å². The normalized spacial score (nSPS) is 28.1. The van der Waals surface area contributed by atoms with Crippen LogP contribution in [0.15, 0.2) is 30.3 Å². The smallest absolute Gasteiger partial charge is 0.0404 e. The van der Waals surface area contributed by atoms with E-state index < -0.39 is 0 Å². The van der Waals surface area contributed by atoms with Gasteiger partial charge in [0.05, 0.1) is 0 Å². The van der Waals surface area contributed by atoms with Crippen molar-refractivity contribution in [3.63, 3.8) is 0 Å². The molecule has 1 aromatic rings. The lowest BCUT2D eigenvalue weighted by molar-refractivity contribution is 0.461. The third-order valence-corrected chi connectivity index (χ3v) is 3.93. The molecule has 0 saturated heterocycles. The van der Waals surface area contributed by atoms with Crippen molar-refractivity contribution in [1.29, 1.82) is 0 Å².